The van der Waals surface area contributed by atoms with E-state index >= 15 is 0 Å². The zero-order valence-electron chi connectivity index (χ0n) is 12.6. The van der Waals surface area contributed by atoms with Crippen LogP contribution in [0.25, 0.3) is 0 Å². The average Bonchev–Trinajstić information content (AvgIpc) is 2.56. The molecule has 6 heteroatoms. The number of nitrogens with one attached hydrogen (secondary N) is 2. The molecule has 0 aliphatic heterocycles. The first-order valence-corrected chi connectivity index (χ1v) is 6.87. The van der Waals surface area contributed by atoms with E-state index in [0.717, 1.165) is 11.4 Å². The third kappa shape index (κ3) is 4.46. The molecule has 0 saturated heterocycles. The van der Waals surface area contributed by atoms with Crippen molar-refractivity contribution < 1.29 is 14.3 Å². The minimum absolute atomic E-state index is 0.155. The van der Waals surface area contributed by atoms with Crippen LogP contribution >= 0.6 is 0 Å². The maximum atomic E-state index is 12.0. The van der Waals surface area contributed by atoms with Gasteiger partial charge in [0.15, 0.2) is 0 Å². The Morgan fingerprint density at radius 2 is 1.95 bits per heavy atom. The van der Waals surface area contributed by atoms with Crippen molar-refractivity contribution >= 4 is 17.4 Å². The highest BCUT2D eigenvalue weighted by Crippen LogP contribution is 2.19. The van der Waals surface area contributed by atoms with Crippen LogP contribution in [0.15, 0.2) is 42.6 Å². The molecule has 0 aliphatic rings. The molecule has 0 unspecified atom stereocenters. The Labute approximate surface area is 129 Å². The fraction of sp³-hybridized carbons (Fsp3) is 0.250. The Hall–Kier alpha value is -2.60. The number of hydrogen-bond donors (Lipinski definition) is 2. The molecule has 1 aromatic carbocycles. The van der Waals surface area contributed by atoms with E-state index in [0.29, 0.717) is 24.5 Å². The van der Waals surface area contributed by atoms with Crippen molar-refractivity contribution in [2.24, 2.45) is 0 Å². The van der Waals surface area contributed by atoms with Gasteiger partial charge in [0.1, 0.15) is 11.6 Å². The Bertz CT molecular complexity index is 614. The Balaban J connectivity index is 2.02. The molecule has 0 atom stereocenters. The quantitative estimate of drug-likeness (QED) is 0.767. The number of pyridine rings is 1. The number of ether oxygens (including phenoxy) is 2. The SMILES string of the molecule is COCCNC(=O)c1ccnc(Nc2ccc(OC)cc2)c1. The molecule has 2 N–H and O–H groups in total. The van der Waals surface area contributed by atoms with Crippen molar-refractivity contribution in [3.05, 3.63) is 48.2 Å². The van der Waals surface area contributed by atoms with Gasteiger partial charge < -0.3 is 20.1 Å². The molecule has 2 rings (SSSR count). The number of amides is 1. The number of methoxy groups -OCH3 is 2. The van der Waals surface area contributed by atoms with Crippen LogP contribution in [0.5, 0.6) is 5.75 Å². The second kappa shape index (κ2) is 7.99. The summed E-state index contributed by atoms with van der Waals surface area (Å²) in [6.07, 6.45) is 1.59. The van der Waals surface area contributed by atoms with Gasteiger partial charge in [-0.3, -0.25) is 4.79 Å². The molecule has 2 aromatic rings. The minimum Gasteiger partial charge on any atom is -0.497 e. The number of hydrogen-bond acceptors (Lipinski definition) is 5. The van der Waals surface area contributed by atoms with Crippen molar-refractivity contribution in [3.63, 3.8) is 0 Å². The summed E-state index contributed by atoms with van der Waals surface area (Å²) in [6, 6.07) is 10.8. The van der Waals surface area contributed by atoms with E-state index in [9.17, 15) is 4.79 Å². The van der Waals surface area contributed by atoms with E-state index in [1.54, 1.807) is 32.5 Å². The molecule has 22 heavy (non-hydrogen) atoms. The lowest BCUT2D eigenvalue weighted by Gasteiger charge is -2.08. The van der Waals surface area contributed by atoms with Crippen LogP contribution in [0.3, 0.4) is 0 Å². The van der Waals surface area contributed by atoms with Gasteiger partial charge >= 0.3 is 0 Å². The second-order valence-electron chi connectivity index (χ2n) is 4.53. The van der Waals surface area contributed by atoms with Gasteiger partial charge in [-0.25, -0.2) is 4.98 Å². The summed E-state index contributed by atoms with van der Waals surface area (Å²) < 4.78 is 10.0. The number of benzene rings is 1. The Morgan fingerprint density at radius 1 is 1.18 bits per heavy atom. The highest BCUT2D eigenvalue weighted by atomic mass is 16.5. The fourth-order valence-corrected chi connectivity index (χ4v) is 1.83. The summed E-state index contributed by atoms with van der Waals surface area (Å²) in [5.41, 5.74) is 1.41. The largest absolute Gasteiger partial charge is 0.497 e. The van der Waals surface area contributed by atoms with E-state index in [1.807, 2.05) is 24.3 Å². The van der Waals surface area contributed by atoms with Crippen molar-refractivity contribution in [3.8, 4) is 5.75 Å². The summed E-state index contributed by atoms with van der Waals surface area (Å²) in [6.45, 7) is 0.951. The van der Waals surface area contributed by atoms with Crippen LogP contribution in [0.1, 0.15) is 10.4 Å². The fourth-order valence-electron chi connectivity index (χ4n) is 1.83. The lowest BCUT2D eigenvalue weighted by molar-refractivity contribution is 0.0937. The van der Waals surface area contributed by atoms with Gasteiger partial charge in [-0.2, -0.15) is 0 Å². The van der Waals surface area contributed by atoms with Gasteiger partial charge in [0.25, 0.3) is 5.91 Å². The second-order valence-corrected chi connectivity index (χ2v) is 4.53. The standard InChI is InChI=1S/C16H19N3O3/c1-21-10-9-18-16(20)12-7-8-17-15(11-12)19-13-3-5-14(22-2)6-4-13/h3-8,11H,9-10H2,1-2H3,(H,17,19)(H,18,20). The first kappa shape index (κ1) is 15.8. The van der Waals surface area contributed by atoms with E-state index < -0.39 is 0 Å². The van der Waals surface area contributed by atoms with E-state index in [1.165, 1.54) is 0 Å². The minimum atomic E-state index is -0.155. The summed E-state index contributed by atoms with van der Waals surface area (Å²) in [5.74, 6) is 1.23. The Morgan fingerprint density at radius 3 is 2.64 bits per heavy atom. The first-order chi connectivity index (χ1) is 10.7. The van der Waals surface area contributed by atoms with Crippen molar-refractivity contribution in [1.29, 1.82) is 0 Å². The number of nitrogens with zero attached hydrogens (tertiary/aromatic N) is 1. The highest BCUT2D eigenvalue weighted by molar-refractivity contribution is 5.94. The molecule has 1 amide bonds. The topological polar surface area (TPSA) is 72.5 Å². The van der Waals surface area contributed by atoms with Gasteiger partial charge in [-0.15, -0.1) is 0 Å². The lowest BCUT2D eigenvalue weighted by Crippen LogP contribution is -2.26. The normalized spacial score (nSPS) is 10.1. The van der Waals surface area contributed by atoms with Crippen LogP contribution in [0, 0.1) is 0 Å². The lowest BCUT2D eigenvalue weighted by atomic mass is 10.2. The van der Waals surface area contributed by atoms with E-state index in [4.69, 9.17) is 9.47 Å². The van der Waals surface area contributed by atoms with Crippen LogP contribution in [-0.2, 0) is 4.74 Å². The molecular formula is C16H19N3O3. The number of aromatic nitrogens is 1. The van der Waals surface area contributed by atoms with Crippen LogP contribution in [0.2, 0.25) is 0 Å². The molecule has 116 valence electrons. The molecule has 6 nitrogen and oxygen atoms in total. The predicted octanol–water partition coefficient (Wildman–Crippen LogP) is 2.21. The summed E-state index contributed by atoms with van der Waals surface area (Å²) in [4.78, 5) is 16.2. The monoisotopic (exact) mass is 301 g/mol. The maximum Gasteiger partial charge on any atom is 0.251 e. The van der Waals surface area contributed by atoms with Crippen molar-refractivity contribution in [2.45, 2.75) is 0 Å². The smallest absolute Gasteiger partial charge is 0.251 e. The Kier molecular flexibility index (Phi) is 5.73. The van der Waals surface area contributed by atoms with E-state index in [-0.39, 0.29) is 5.91 Å². The summed E-state index contributed by atoms with van der Waals surface area (Å²) >= 11 is 0. The van der Waals surface area contributed by atoms with Gasteiger partial charge in [-0.1, -0.05) is 0 Å². The third-order valence-corrected chi connectivity index (χ3v) is 2.98. The molecule has 1 aromatic heterocycles. The van der Waals surface area contributed by atoms with Crippen molar-refractivity contribution in [1.82, 2.24) is 10.3 Å². The van der Waals surface area contributed by atoms with Crippen molar-refractivity contribution in [2.75, 3.05) is 32.7 Å². The predicted molar refractivity (Wildman–Crippen MR) is 84.7 cm³/mol. The molecular weight excluding hydrogens is 282 g/mol. The summed E-state index contributed by atoms with van der Waals surface area (Å²) in [7, 11) is 3.21. The molecule has 0 bridgehead atoms. The van der Waals surface area contributed by atoms with Crippen LogP contribution in [-0.4, -0.2) is 38.3 Å². The van der Waals surface area contributed by atoms with Crippen LogP contribution in [0.4, 0.5) is 11.5 Å². The summed E-state index contributed by atoms with van der Waals surface area (Å²) in [5, 5.41) is 5.92. The zero-order valence-corrected chi connectivity index (χ0v) is 12.6. The zero-order chi connectivity index (χ0) is 15.8. The van der Waals surface area contributed by atoms with Gasteiger partial charge in [0.2, 0.25) is 0 Å². The number of carbonyl (C=O) groups excluding carboxylic acids is 1. The average molecular weight is 301 g/mol. The highest BCUT2D eigenvalue weighted by Gasteiger charge is 2.06. The number of rotatable bonds is 7. The van der Waals surface area contributed by atoms with E-state index in [2.05, 4.69) is 15.6 Å². The maximum absolute atomic E-state index is 12.0. The molecule has 0 radical (unpaired) electrons. The molecule has 0 aliphatic carbocycles. The number of anilines is 2. The molecule has 0 saturated carbocycles. The number of carbonyl (C=O) groups is 1. The molecule has 1 heterocycles. The van der Waals surface area contributed by atoms with Gasteiger partial charge in [0.05, 0.1) is 13.7 Å². The van der Waals surface area contributed by atoms with Gasteiger partial charge in [-0.05, 0) is 36.4 Å². The molecule has 0 spiro atoms. The first-order valence-electron chi connectivity index (χ1n) is 6.87. The van der Waals surface area contributed by atoms with Crippen LogP contribution < -0.4 is 15.4 Å². The van der Waals surface area contributed by atoms with Gasteiger partial charge in [0, 0.05) is 31.1 Å². The third-order valence-electron chi connectivity index (χ3n) is 2.98. The molecule has 0 fully saturated rings.